The number of carbonyl (C=O) groups is 1. The number of benzene rings is 1. The summed E-state index contributed by atoms with van der Waals surface area (Å²) in [6.07, 6.45) is 0.375. The zero-order valence-corrected chi connectivity index (χ0v) is 18.3. The summed E-state index contributed by atoms with van der Waals surface area (Å²) in [4.78, 5) is 22.4. The van der Waals surface area contributed by atoms with Gasteiger partial charge in [-0.1, -0.05) is 11.6 Å². The van der Waals surface area contributed by atoms with Gasteiger partial charge < -0.3 is 14.8 Å². The fourth-order valence-corrected chi connectivity index (χ4v) is 4.11. The van der Waals surface area contributed by atoms with E-state index in [1.165, 1.54) is 6.07 Å². The summed E-state index contributed by atoms with van der Waals surface area (Å²) < 4.78 is 54.6. The summed E-state index contributed by atoms with van der Waals surface area (Å²) in [6, 6.07) is 5.30. The number of hydrogen-bond acceptors (Lipinski definition) is 4. The Labute approximate surface area is 192 Å². The van der Waals surface area contributed by atoms with Gasteiger partial charge in [-0.3, -0.25) is 4.79 Å². The van der Waals surface area contributed by atoms with E-state index in [2.05, 4.69) is 15.3 Å². The van der Waals surface area contributed by atoms with Crippen LogP contribution in [0.2, 0.25) is 5.02 Å². The number of anilines is 2. The summed E-state index contributed by atoms with van der Waals surface area (Å²) >= 11 is 6.02. The number of nitrogens with zero attached hydrogens (tertiary/aromatic N) is 4. The molecule has 1 saturated heterocycles. The van der Waals surface area contributed by atoms with Crippen LogP contribution in [0.1, 0.15) is 24.2 Å². The van der Waals surface area contributed by atoms with Crippen molar-refractivity contribution in [2.45, 2.75) is 25.9 Å². The Bertz CT molecular complexity index is 1170. The molecule has 0 saturated carbocycles. The summed E-state index contributed by atoms with van der Waals surface area (Å²) in [5, 5.41) is 2.65. The van der Waals surface area contributed by atoms with E-state index in [9.17, 15) is 22.4 Å². The van der Waals surface area contributed by atoms with Crippen molar-refractivity contribution in [2.75, 3.05) is 23.3 Å². The summed E-state index contributed by atoms with van der Waals surface area (Å²) in [5.41, 5.74) is -0.238. The van der Waals surface area contributed by atoms with E-state index in [1.807, 2.05) is 0 Å². The van der Waals surface area contributed by atoms with Crippen molar-refractivity contribution >= 4 is 29.0 Å². The normalized spacial score (nSPS) is 15.0. The van der Waals surface area contributed by atoms with E-state index in [1.54, 1.807) is 40.9 Å². The van der Waals surface area contributed by atoms with Gasteiger partial charge >= 0.3 is 6.18 Å². The number of pyridine rings is 1. The van der Waals surface area contributed by atoms with Crippen LogP contribution in [0.5, 0.6) is 0 Å². The molecule has 1 N–H and O–H groups in total. The van der Waals surface area contributed by atoms with Crippen LogP contribution < -0.4 is 10.2 Å². The number of aryl methyl sites for hydroxylation is 1. The monoisotopic (exact) mass is 481 g/mol. The zero-order chi connectivity index (χ0) is 23.8. The average molecular weight is 482 g/mol. The predicted molar refractivity (Wildman–Crippen MR) is 116 cm³/mol. The van der Waals surface area contributed by atoms with E-state index >= 15 is 0 Å². The maximum Gasteiger partial charge on any atom is 0.417 e. The minimum atomic E-state index is -4.52. The summed E-state index contributed by atoms with van der Waals surface area (Å²) in [5.74, 6) is -0.164. The maximum atomic E-state index is 14.6. The number of alkyl halides is 3. The lowest BCUT2D eigenvalue weighted by Gasteiger charge is -2.32. The number of imidazole rings is 1. The topological polar surface area (TPSA) is 63.1 Å². The minimum Gasteiger partial charge on any atom is -0.355 e. The molecule has 0 bridgehead atoms. The molecule has 6 nitrogen and oxygen atoms in total. The molecular weight excluding hydrogens is 462 g/mol. The Kier molecular flexibility index (Phi) is 6.29. The smallest absolute Gasteiger partial charge is 0.355 e. The maximum absolute atomic E-state index is 14.6. The fraction of sp³-hybridized carbons (Fsp3) is 0.318. The Morgan fingerprint density at radius 1 is 1.18 bits per heavy atom. The second kappa shape index (κ2) is 9.01. The molecule has 0 unspecified atom stereocenters. The average Bonchev–Trinajstić information content (AvgIpc) is 3.19. The second-order valence-corrected chi connectivity index (χ2v) is 8.20. The molecule has 0 aliphatic carbocycles. The molecule has 4 rings (SSSR count). The highest BCUT2D eigenvalue weighted by Crippen LogP contribution is 2.34. The van der Waals surface area contributed by atoms with Crippen molar-refractivity contribution in [1.29, 1.82) is 0 Å². The van der Waals surface area contributed by atoms with Crippen LogP contribution in [0, 0.1) is 18.7 Å². The molecule has 1 fully saturated rings. The van der Waals surface area contributed by atoms with Crippen molar-refractivity contribution in [1.82, 2.24) is 14.5 Å². The van der Waals surface area contributed by atoms with Gasteiger partial charge in [0.25, 0.3) is 0 Å². The van der Waals surface area contributed by atoms with Gasteiger partial charge in [0.1, 0.15) is 17.5 Å². The number of carbonyl (C=O) groups excluding carboxylic acids is 1. The van der Waals surface area contributed by atoms with Crippen LogP contribution in [0.3, 0.4) is 0 Å². The van der Waals surface area contributed by atoms with Gasteiger partial charge in [-0.05, 0) is 44.0 Å². The van der Waals surface area contributed by atoms with Crippen molar-refractivity contribution in [3.63, 3.8) is 0 Å². The minimum absolute atomic E-state index is 0.0866. The third-order valence-corrected chi connectivity index (χ3v) is 5.89. The molecule has 1 aliphatic heterocycles. The SMILES string of the molecule is Cc1nccn1-c1ccc(NC(=O)C2CCN(c3ncc(C(F)(F)F)cc3Cl)CC2)cc1F. The number of halogens is 5. The second-order valence-electron chi connectivity index (χ2n) is 7.79. The van der Waals surface area contributed by atoms with Crippen molar-refractivity contribution in [3.8, 4) is 5.69 Å². The van der Waals surface area contributed by atoms with Gasteiger partial charge in [0.2, 0.25) is 5.91 Å². The third kappa shape index (κ3) is 4.95. The first-order valence-corrected chi connectivity index (χ1v) is 10.6. The quantitative estimate of drug-likeness (QED) is 0.517. The first kappa shape index (κ1) is 23.0. The first-order valence-electron chi connectivity index (χ1n) is 10.2. The molecule has 3 aromatic rings. The zero-order valence-electron chi connectivity index (χ0n) is 17.5. The molecular formula is C22H20ClF4N5O. The van der Waals surface area contributed by atoms with Gasteiger partial charge in [0.05, 0.1) is 16.3 Å². The number of rotatable bonds is 4. The fourth-order valence-electron chi connectivity index (χ4n) is 3.83. The van der Waals surface area contributed by atoms with Gasteiger partial charge in [0, 0.05) is 43.3 Å². The van der Waals surface area contributed by atoms with Crippen molar-refractivity contribution in [3.05, 3.63) is 65.1 Å². The molecule has 1 amide bonds. The number of amides is 1. The highest BCUT2D eigenvalue weighted by Gasteiger charge is 2.33. The molecule has 33 heavy (non-hydrogen) atoms. The number of nitrogens with one attached hydrogen (secondary N) is 1. The Morgan fingerprint density at radius 2 is 1.91 bits per heavy atom. The van der Waals surface area contributed by atoms with Crippen LogP contribution in [0.15, 0.2) is 42.9 Å². The standard InChI is InChI=1S/C22H20ClF4N5O/c1-13-28-6-9-32(13)19-3-2-16(11-18(19)24)30-21(33)14-4-7-31(8-5-14)20-17(23)10-15(12-29-20)22(25,26)27/h2-3,6,9-12,14H,4-5,7-8H2,1H3,(H,30,33). The summed E-state index contributed by atoms with van der Waals surface area (Å²) in [7, 11) is 0. The van der Waals surface area contributed by atoms with E-state index in [0.717, 1.165) is 12.3 Å². The Morgan fingerprint density at radius 3 is 2.48 bits per heavy atom. The molecule has 1 aromatic carbocycles. The predicted octanol–water partition coefficient (Wildman–Crippen LogP) is 5.24. The van der Waals surface area contributed by atoms with Gasteiger partial charge in [-0.15, -0.1) is 0 Å². The van der Waals surface area contributed by atoms with Gasteiger partial charge in [-0.2, -0.15) is 13.2 Å². The third-order valence-electron chi connectivity index (χ3n) is 5.61. The molecule has 0 radical (unpaired) electrons. The molecule has 3 heterocycles. The first-order chi connectivity index (χ1) is 15.6. The van der Waals surface area contributed by atoms with E-state index < -0.39 is 17.6 Å². The molecule has 2 aromatic heterocycles. The lowest BCUT2D eigenvalue weighted by molar-refractivity contribution is -0.137. The highest BCUT2D eigenvalue weighted by molar-refractivity contribution is 6.33. The van der Waals surface area contributed by atoms with E-state index in [-0.39, 0.29) is 22.7 Å². The summed E-state index contributed by atoms with van der Waals surface area (Å²) in [6.45, 7) is 2.57. The van der Waals surface area contributed by atoms with Crippen molar-refractivity contribution in [2.24, 2.45) is 5.92 Å². The van der Waals surface area contributed by atoms with Crippen LogP contribution in [-0.4, -0.2) is 33.5 Å². The van der Waals surface area contributed by atoms with Crippen LogP contribution in [0.25, 0.3) is 5.69 Å². The lowest BCUT2D eigenvalue weighted by atomic mass is 9.95. The van der Waals surface area contributed by atoms with Crippen LogP contribution in [0.4, 0.5) is 29.1 Å². The van der Waals surface area contributed by atoms with Crippen LogP contribution in [-0.2, 0) is 11.0 Å². The molecule has 0 atom stereocenters. The number of hydrogen-bond donors (Lipinski definition) is 1. The molecule has 174 valence electrons. The van der Waals surface area contributed by atoms with Gasteiger partial charge in [0.15, 0.2) is 0 Å². The highest BCUT2D eigenvalue weighted by atomic mass is 35.5. The van der Waals surface area contributed by atoms with Crippen LogP contribution >= 0.6 is 11.6 Å². The van der Waals surface area contributed by atoms with E-state index in [0.29, 0.717) is 43.1 Å². The van der Waals surface area contributed by atoms with Crippen molar-refractivity contribution < 1.29 is 22.4 Å². The number of piperidine rings is 1. The lowest BCUT2D eigenvalue weighted by Crippen LogP contribution is -2.38. The largest absolute Gasteiger partial charge is 0.417 e. The number of aromatic nitrogens is 3. The molecule has 0 spiro atoms. The molecule has 1 aliphatic rings. The Hall–Kier alpha value is -3.14. The molecule has 11 heteroatoms. The van der Waals surface area contributed by atoms with E-state index in [4.69, 9.17) is 11.6 Å². The van der Waals surface area contributed by atoms with Gasteiger partial charge in [-0.25, -0.2) is 14.4 Å². The Balaban J connectivity index is 1.37.